The van der Waals surface area contributed by atoms with Crippen molar-refractivity contribution >= 4 is 11.7 Å². The van der Waals surface area contributed by atoms with Gasteiger partial charge in [0.05, 0.1) is 5.69 Å². The fourth-order valence-corrected chi connectivity index (χ4v) is 1.94. The summed E-state index contributed by atoms with van der Waals surface area (Å²) in [5.74, 6) is 1.39. The van der Waals surface area contributed by atoms with Crippen LogP contribution in [-0.2, 0) is 18.3 Å². The van der Waals surface area contributed by atoms with E-state index >= 15 is 0 Å². The normalized spacial score (nSPS) is 17.6. The first-order valence-electron chi connectivity index (χ1n) is 6.16. The van der Waals surface area contributed by atoms with Crippen LogP contribution >= 0.6 is 0 Å². The lowest BCUT2D eigenvalue weighted by molar-refractivity contribution is -0.121. The first-order valence-corrected chi connectivity index (χ1v) is 6.16. The van der Waals surface area contributed by atoms with Gasteiger partial charge in [-0.25, -0.2) is 0 Å². The van der Waals surface area contributed by atoms with E-state index in [1.807, 2.05) is 20.0 Å². The minimum Gasteiger partial charge on any atom is -0.316 e. The van der Waals surface area contributed by atoms with E-state index in [1.54, 1.807) is 4.68 Å². The van der Waals surface area contributed by atoms with Gasteiger partial charge in [-0.2, -0.15) is 5.10 Å². The molecule has 94 valence electrons. The zero-order valence-electron chi connectivity index (χ0n) is 10.7. The van der Waals surface area contributed by atoms with Crippen LogP contribution in [0.25, 0.3) is 0 Å². The maximum Gasteiger partial charge on any atom is 0.228 e. The number of amides is 1. The molecule has 1 aromatic heterocycles. The second kappa shape index (κ2) is 4.87. The number of aromatic nitrogens is 2. The minimum atomic E-state index is 0.0521. The Bertz CT molecular complexity index is 409. The molecule has 1 saturated heterocycles. The number of rotatable bonds is 4. The number of nitrogens with zero attached hydrogens (tertiary/aromatic N) is 2. The molecule has 2 rings (SSSR count). The van der Waals surface area contributed by atoms with Crippen molar-refractivity contribution in [2.45, 2.75) is 20.3 Å². The number of aryl methyl sites for hydroxylation is 2. The Morgan fingerprint density at radius 3 is 2.88 bits per heavy atom. The van der Waals surface area contributed by atoms with E-state index in [-0.39, 0.29) is 11.8 Å². The molecular weight excluding hydrogens is 216 g/mol. The Kier molecular flexibility index (Phi) is 3.47. The number of hydrogen-bond donors (Lipinski definition) is 2. The van der Waals surface area contributed by atoms with Gasteiger partial charge in [-0.1, -0.05) is 13.8 Å². The quantitative estimate of drug-likeness (QED) is 0.812. The van der Waals surface area contributed by atoms with E-state index in [9.17, 15) is 4.79 Å². The Labute approximate surface area is 102 Å². The summed E-state index contributed by atoms with van der Waals surface area (Å²) in [7, 11) is 1.85. The molecule has 0 saturated carbocycles. The van der Waals surface area contributed by atoms with Crippen LogP contribution in [0.15, 0.2) is 6.07 Å². The number of hydrogen-bond acceptors (Lipinski definition) is 3. The molecule has 1 aliphatic heterocycles. The summed E-state index contributed by atoms with van der Waals surface area (Å²) in [5.41, 5.74) is 1.00. The average molecular weight is 236 g/mol. The van der Waals surface area contributed by atoms with E-state index in [0.29, 0.717) is 5.92 Å². The fraction of sp³-hybridized carbons (Fsp3) is 0.667. The minimum absolute atomic E-state index is 0.0521. The Morgan fingerprint density at radius 1 is 1.71 bits per heavy atom. The van der Waals surface area contributed by atoms with Gasteiger partial charge in [-0.05, 0) is 25.4 Å². The Balaban J connectivity index is 1.99. The van der Waals surface area contributed by atoms with Crippen LogP contribution in [0.1, 0.15) is 19.5 Å². The summed E-state index contributed by atoms with van der Waals surface area (Å²) in [4.78, 5) is 12.0. The highest BCUT2D eigenvalue weighted by Gasteiger charge is 2.29. The van der Waals surface area contributed by atoms with Crippen LogP contribution in [0, 0.1) is 11.8 Å². The molecule has 0 radical (unpaired) electrons. The molecule has 5 heteroatoms. The van der Waals surface area contributed by atoms with Crippen molar-refractivity contribution in [3.63, 3.8) is 0 Å². The first-order chi connectivity index (χ1) is 8.11. The van der Waals surface area contributed by atoms with Gasteiger partial charge in [0.2, 0.25) is 5.91 Å². The molecule has 5 nitrogen and oxygen atoms in total. The number of anilines is 1. The number of nitrogens with one attached hydrogen (secondary N) is 2. The number of carbonyl (C=O) groups excluding carboxylic acids is 1. The van der Waals surface area contributed by atoms with Crippen LogP contribution < -0.4 is 10.6 Å². The third-order valence-electron chi connectivity index (χ3n) is 3.48. The van der Waals surface area contributed by atoms with E-state index in [0.717, 1.165) is 31.0 Å². The highest BCUT2D eigenvalue weighted by molar-refractivity contribution is 5.91. The molecule has 1 unspecified atom stereocenters. The van der Waals surface area contributed by atoms with Gasteiger partial charge in [0, 0.05) is 19.0 Å². The molecule has 2 N–H and O–H groups in total. The highest BCUT2D eigenvalue weighted by Crippen LogP contribution is 2.18. The molecule has 0 bridgehead atoms. The van der Waals surface area contributed by atoms with Crippen LogP contribution in [0.3, 0.4) is 0 Å². The van der Waals surface area contributed by atoms with Crippen LogP contribution in [0.5, 0.6) is 0 Å². The van der Waals surface area contributed by atoms with Crippen LogP contribution in [0.2, 0.25) is 0 Å². The lowest BCUT2D eigenvalue weighted by Gasteiger charge is -2.31. The molecule has 1 aliphatic rings. The summed E-state index contributed by atoms with van der Waals surface area (Å²) in [6.07, 6.45) is 0.881. The van der Waals surface area contributed by atoms with Gasteiger partial charge in [0.1, 0.15) is 5.82 Å². The van der Waals surface area contributed by atoms with Gasteiger partial charge in [-0.15, -0.1) is 0 Å². The average Bonchev–Trinajstić information content (AvgIpc) is 2.57. The van der Waals surface area contributed by atoms with Gasteiger partial charge in [0.15, 0.2) is 0 Å². The summed E-state index contributed by atoms with van der Waals surface area (Å²) >= 11 is 0. The zero-order valence-corrected chi connectivity index (χ0v) is 10.7. The maximum atomic E-state index is 12.0. The highest BCUT2D eigenvalue weighted by atomic mass is 16.2. The first kappa shape index (κ1) is 12.1. The molecule has 1 amide bonds. The largest absolute Gasteiger partial charge is 0.316 e. The van der Waals surface area contributed by atoms with Crippen LogP contribution in [-0.4, -0.2) is 28.8 Å². The summed E-state index contributed by atoms with van der Waals surface area (Å²) in [6.45, 7) is 5.93. The third-order valence-corrected chi connectivity index (χ3v) is 3.48. The Morgan fingerprint density at radius 2 is 2.41 bits per heavy atom. The van der Waals surface area contributed by atoms with Crippen LogP contribution in [0.4, 0.5) is 5.82 Å². The topological polar surface area (TPSA) is 59.0 Å². The second-order valence-electron chi connectivity index (χ2n) is 4.69. The molecular formula is C12H20N4O. The maximum absolute atomic E-state index is 12.0. The zero-order chi connectivity index (χ0) is 12.4. The van der Waals surface area contributed by atoms with Crippen molar-refractivity contribution in [2.24, 2.45) is 18.9 Å². The summed E-state index contributed by atoms with van der Waals surface area (Å²) < 4.78 is 1.72. The molecule has 2 heterocycles. The van der Waals surface area contributed by atoms with E-state index in [2.05, 4.69) is 22.7 Å². The van der Waals surface area contributed by atoms with E-state index in [4.69, 9.17) is 0 Å². The van der Waals surface area contributed by atoms with Crippen molar-refractivity contribution in [1.82, 2.24) is 15.1 Å². The lowest BCUT2D eigenvalue weighted by Crippen LogP contribution is -2.48. The van der Waals surface area contributed by atoms with Gasteiger partial charge in [-0.3, -0.25) is 9.48 Å². The summed E-state index contributed by atoms with van der Waals surface area (Å²) in [6, 6.07) is 1.93. The fourth-order valence-electron chi connectivity index (χ4n) is 1.94. The SMILES string of the molecule is CCc1cc(NC(=O)C(C)C2CNC2)n(C)n1. The molecule has 0 aliphatic carbocycles. The second-order valence-corrected chi connectivity index (χ2v) is 4.69. The van der Waals surface area contributed by atoms with Gasteiger partial charge >= 0.3 is 0 Å². The van der Waals surface area contributed by atoms with Crippen molar-refractivity contribution < 1.29 is 4.79 Å². The predicted octanol–water partition coefficient (Wildman–Crippen LogP) is 0.776. The van der Waals surface area contributed by atoms with E-state index in [1.165, 1.54) is 0 Å². The Hall–Kier alpha value is -1.36. The van der Waals surface area contributed by atoms with E-state index < -0.39 is 0 Å². The van der Waals surface area contributed by atoms with Crippen molar-refractivity contribution in [1.29, 1.82) is 0 Å². The molecule has 1 aromatic rings. The molecule has 0 spiro atoms. The predicted molar refractivity (Wildman–Crippen MR) is 66.7 cm³/mol. The molecule has 1 atom stereocenters. The van der Waals surface area contributed by atoms with Gasteiger partial charge in [0.25, 0.3) is 0 Å². The number of carbonyl (C=O) groups is 1. The smallest absolute Gasteiger partial charge is 0.228 e. The summed E-state index contributed by atoms with van der Waals surface area (Å²) in [5, 5.41) is 10.4. The standard InChI is InChI=1S/C12H20N4O/c1-4-10-5-11(16(3)15-10)14-12(17)8(2)9-6-13-7-9/h5,8-9,13H,4,6-7H2,1-3H3,(H,14,17). The van der Waals surface area contributed by atoms with Crippen molar-refractivity contribution in [2.75, 3.05) is 18.4 Å². The van der Waals surface area contributed by atoms with Crippen molar-refractivity contribution in [3.05, 3.63) is 11.8 Å². The third kappa shape index (κ3) is 2.49. The molecule has 1 fully saturated rings. The monoisotopic (exact) mass is 236 g/mol. The molecule has 17 heavy (non-hydrogen) atoms. The van der Waals surface area contributed by atoms with Gasteiger partial charge < -0.3 is 10.6 Å². The lowest BCUT2D eigenvalue weighted by atomic mass is 9.88. The van der Waals surface area contributed by atoms with Crippen molar-refractivity contribution in [3.8, 4) is 0 Å². The molecule has 0 aromatic carbocycles.